The topological polar surface area (TPSA) is 45.1 Å². The summed E-state index contributed by atoms with van der Waals surface area (Å²) < 4.78 is 5.29. The average Bonchev–Trinajstić information content (AvgIpc) is 3.26. The Labute approximate surface area is 201 Å². The molecular weight excluding hydrogens is 422 g/mol. The number of carbonyl (C=O) groups is 1. The highest BCUT2D eigenvalue weighted by molar-refractivity contribution is 6.00. The number of anilines is 1. The first-order chi connectivity index (χ1) is 16.6. The second-order valence-electron chi connectivity index (χ2n) is 9.03. The van der Waals surface area contributed by atoms with Crippen molar-refractivity contribution in [3.63, 3.8) is 0 Å². The molecule has 0 saturated carbocycles. The number of para-hydroxylation sites is 1. The third-order valence-corrected chi connectivity index (χ3v) is 6.99. The first-order valence-corrected chi connectivity index (χ1v) is 12.0. The van der Waals surface area contributed by atoms with Gasteiger partial charge in [-0.2, -0.15) is 0 Å². The lowest BCUT2D eigenvalue weighted by molar-refractivity contribution is -0.129. The van der Waals surface area contributed by atoms with Crippen molar-refractivity contribution < 1.29 is 9.53 Å². The number of carbonyl (C=O) groups excluding carboxylic acids is 1. The molecule has 0 N–H and O–H groups in total. The average molecular weight is 454 g/mol. The van der Waals surface area contributed by atoms with Crippen molar-refractivity contribution in [3.05, 3.63) is 89.5 Å². The molecule has 1 atom stereocenters. The van der Waals surface area contributed by atoms with Crippen LogP contribution in [0.25, 0.3) is 0 Å². The summed E-state index contributed by atoms with van der Waals surface area (Å²) in [6.45, 7) is 4.97. The van der Waals surface area contributed by atoms with Crippen LogP contribution in [0.15, 0.2) is 77.8 Å². The highest BCUT2D eigenvalue weighted by Gasteiger charge is 2.28. The van der Waals surface area contributed by atoms with Crippen molar-refractivity contribution in [1.29, 1.82) is 0 Å². The van der Waals surface area contributed by atoms with Crippen LogP contribution in [0.3, 0.4) is 0 Å². The van der Waals surface area contributed by atoms with Gasteiger partial charge in [0.1, 0.15) is 5.75 Å². The molecule has 1 fully saturated rings. The van der Waals surface area contributed by atoms with Gasteiger partial charge in [-0.05, 0) is 59.9 Å². The second-order valence-corrected chi connectivity index (χ2v) is 9.03. The Bertz CT molecular complexity index is 1180. The minimum Gasteiger partial charge on any atom is -0.497 e. The molecule has 3 aromatic rings. The Morgan fingerprint density at radius 2 is 1.62 bits per heavy atom. The summed E-state index contributed by atoms with van der Waals surface area (Å²) in [4.78, 5) is 21.0. The fourth-order valence-corrected chi connectivity index (χ4v) is 5.03. The third kappa shape index (κ3) is 4.56. The Morgan fingerprint density at radius 1 is 0.912 bits per heavy atom. The predicted molar refractivity (Wildman–Crippen MR) is 138 cm³/mol. The maximum atomic E-state index is 11.6. The van der Waals surface area contributed by atoms with E-state index in [9.17, 15) is 4.79 Å². The molecule has 0 bridgehead atoms. The Hall–Kier alpha value is -3.60. The monoisotopic (exact) mass is 453 g/mol. The Balaban J connectivity index is 1.33. The molecule has 0 spiro atoms. The standard InChI is InChI=1S/C29H31N3O2/c1-21(33)31-17-19-32(20-18-31)24-12-10-23(11-13-24)29-26-5-3-4-6-27(26)30-28(29)16-9-22-7-14-25(34-2)15-8-22/h3-8,10-15,29H,9,16-20H2,1-2H3. The molecule has 174 valence electrons. The van der Waals surface area contributed by atoms with Gasteiger partial charge in [0, 0.05) is 50.4 Å². The fraction of sp³-hybridized carbons (Fsp3) is 0.310. The normalized spacial score (nSPS) is 17.4. The van der Waals surface area contributed by atoms with Crippen molar-refractivity contribution in [2.75, 3.05) is 38.2 Å². The zero-order valence-corrected chi connectivity index (χ0v) is 19.9. The molecule has 2 aliphatic heterocycles. The van der Waals surface area contributed by atoms with E-state index in [2.05, 4.69) is 65.6 Å². The van der Waals surface area contributed by atoms with Crippen LogP contribution in [0, 0.1) is 0 Å². The summed E-state index contributed by atoms with van der Waals surface area (Å²) >= 11 is 0. The number of aliphatic imine (C=N–C) groups is 1. The zero-order chi connectivity index (χ0) is 23.5. The van der Waals surface area contributed by atoms with Gasteiger partial charge in [0.05, 0.1) is 12.8 Å². The minimum absolute atomic E-state index is 0.163. The van der Waals surface area contributed by atoms with Gasteiger partial charge in [0.25, 0.3) is 0 Å². The molecule has 1 saturated heterocycles. The fourth-order valence-electron chi connectivity index (χ4n) is 5.03. The molecule has 1 unspecified atom stereocenters. The van der Waals surface area contributed by atoms with Crippen LogP contribution >= 0.6 is 0 Å². The SMILES string of the molecule is COc1ccc(CCC2=Nc3ccccc3C2c2ccc(N3CCN(C(C)=O)CC3)cc2)cc1. The lowest BCUT2D eigenvalue weighted by Gasteiger charge is -2.35. The van der Waals surface area contributed by atoms with Crippen LogP contribution in [-0.4, -0.2) is 49.8 Å². The smallest absolute Gasteiger partial charge is 0.219 e. The Morgan fingerprint density at radius 3 is 2.29 bits per heavy atom. The molecule has 0 aliphatic carbocycles. The van der Waals surface area contributed by atoms with Crippen LogP contribution in [0.4, 0.5) is 11.4 Å². The summed E-state index contributed by atoms with van der Waals surface area (Å²) in [6, 6.07) is 25.8. The van der Waals surface area contributed by atoms with Gasteiger partial charge in [-0.15, -0.1) is 0 Å². The lowest BCUT2D eigenvalue weighted by atomic mass is 9.86. The Kier molecular flexibility index (Phi) is 6.35. The molecule has 3 aromatic carbocycles. The zero-order valence-electron chi connectivity index (χ0n) is 19.9. The summed E-state index contributed by atoms with van der Waals surface area (Å²) in [6.07, 6.45) is 1.87. The molecule has 5 rings (SSSR count). The van der Waals surface area contributed by atoms with Crippen LogP contribution < -0.4 is 9.64 Å². The number of fused-ring (bicyclic) bond motifs is 1. The third-order valence-electron chi connectivity index (χ3n) is 6.99. The number of ether oxygens (including phenoxy) is 1. The molecule has 34 heavy (non-hydrogen) atoms. The van der Waals surface area contributed by atoms with Crippen LogP contribution in [0.1, 0.15) is 36.0 Å². The molecule has 1 amide bonds. The maximum Gasteiger partial charge on any atom is 0.219 e. The van der Waals surface area contributed by atoms with Crippen molar-refractivity contribution in [2.24, 2.45) is 4.99 Å². The molecule has 2 aliphatic rings. The van der Waals surface area contributed by atoms with Crippen molar-refractivity contribution in [2.45, 2.75) is 25.7 Å². The minimum atomic E-state index is 0.163. The van der Waals surface area contributed by atoms with E-state index in [0.717, 1.165) is 50.5 Å². The van der Waals surface area contributed by atoms with Gasteiger partial charge in [-0.3, -0.25) is 9.79 Å². The van der Waals surface area contributed by atoms with Gasteiger partial charge >= 0.3 is 0 Å². The van der Waals surface area contributed by atoms with Gasteiger partial charge in [-0.25, -0.2) is 0 Å². The number of methoxy groups -OCH3 is 1. The number of nitrogens with zero attached hydrogens (tertiary/aromatic N) is 3. The number of rotatable bonds is 6. The van der Waals surface area contributed by atoms with Crippen LogP contribution in [-0.2, 0) is 11.2 Å². The summed E-state index contributed by atoms with van der Waals surface area (Å²) in [5.41, 5.74) is 7.38. The van der Waals surface area contributed by atoms with E-state index in [1.165, 1.54) is 28.1 Å². The van der Waals surface area contributed by atoms with Crippen molar-refractivity contribution >= 4 is 23.0 Å². The van der Waals surface area contributed by atoms with E-state index in [0.29, 0.717) is 0 Å². The van der Waals surface area contributed by atoms with Crippen molar-refractivity contribution in [3.8, 4) is 5.75 Å². The summed E-state index contributed by atoms with van der Waals surface area (Å²) in [7, 11) is 1.70. The van der Waals surface area contributed by atoms with Gasteiger partial charge < -0.3 is 14.5 Å². The highest BCUT2D eigenvalue weighted by atomic mass is 16.5. The van der Waals surface area contributed by atoms with Crippen LogP contribution in [0.2, 0.25) is 0 Å². The lowest BCUT2D eigenvalue weighted by Crippen LogP contribution is -2.48. The van der Waals surface area contributed by atoms with Crippen LogP contribution in [0.5, 0.6) is 5.75 Å². The summed E-state index contributed by atoms with van der Waals surface area (Å²) in [5.74, 6) is 1.24. The van der Waals surface area contributed by atoms with E-state index in [4.69, 9.17) is 9.73 Å². The van der Waals surface area contributed by atoms with Gasteiger partial charge in [-0.1, -0.05) is 42.5 Å². The second kappa shape index (κ2) is 9.72. The van der Waals surface area contributed by atoms with E-state index in [1.54, 1.807) is 14.0 Å². The predicted octanol–water partition coefficient (Wildman–Crippen LogP) is 5.21. The highest BCUT2D eigenvalue weighted by Crippen LogP contribution is 2.41. The number of benzene rings is 3. The maximum absolute atomic E-state index is 11.6. The van der Waals surface area contributed by atoms with E-state index >= 15 is 0 Å². The van der Waals surface area contributed by atoms with Crippen molar-refractivity contribution in [1.82, 2.24) is 4.90 Å². The number of hydrogen-bond acceptors (Lipinski definition) is 4. The molecule has 5 nitrogen and oxygen atoms in total. The molecule has 5 heteroatoms. The van der Waals surface area contributed by atoms with Gasteiger partial charge in [0.15, 0.2) is 0 Å². The number of aryl methyl sites for hydroxylation is 1. The quantitative estimate of drug-likeness (QED) is 0.514. The molecule has 2 heterocycles. The molecule has 0 radical (unpaired) electrons. The number of piperazine rings is 1. The van der Waals surface area contributed by atoms with E-state index in [-0.39, 0.29) is 11.8 Å². The first kappa shape index (κ1) is 22.2. The summed E-state index contributed by atoms with van der Waals surface area (Å²) in [5, 5.41) is 0. The number of amides is 1. The molecule has 0 aromatic heterocycles. The largest absolute Gasteiger partial charge is 0.497 e. The van der Waals surface area contributed by atoms with E-state index in [1.807, 2.05) is 17.0 Å². The van der Waals surface area contributed by atoms with Gasteiger partial charge in [0.2, 0.25) is 5.91 Å². The first-order valence-electron chi connectivity index (χ1n) is 12.0. The molecular formula is C29H31N3O2. The number of hydrogen-bond donors (Lipinski definition) is 0. The van der Waals surface area contributed by atoms with E-state index < -0.39 is 0 Å².